The highest BCUT2D eigenvalue weighted by Gasteiger charge is 2.01. The van der Waals surface area contributed by atoms with Gasteiger partial charge in [-0.2, -0.15) is 0 Å². The minimum absolute atomic E-state index is 0.0146. The number of nitrogens with zero attached hydrogens (tertiary/aromatic N) is 1. The van der Waals surface area contributed by atoms with Gasteiger partial charge in [0.05, 0.1) is 0 Å². The normalized spacial score (nSPS) is 11.3. The zero-order valence-electron chi connectivity index (χ0n) is 10.6. The Morgan fingerprint density at radius 1 is 1.22 bits per heavy atom. The van der Waals surface area contributed by atoms with Crippen LogP contribution in [0, 0.1) is 0 Å². The predicted octanol–water partition coefficient (Wildman–Crippen LogP) is 2.88. The molecule has 1 N–H and O–H groups in total. The summed E-state index contributed by atoms with van der Waals surface area (Å²) in [5, 5.41) is 12.0. The van der Waals surface area contributed by atoms with E-state index in [9.17, 15) is 4.79 Å². The van der Waals surface area contributed by atoms with Gasteiger partial charge in [0.15, 0.2) is 5.71 Å². The van der Waals surface area contributed by atoms with Crippen molar-refractivity contribution in [1.82, 2.24) is 0 Å². The molecular formula is C14H19NO3. The van der Waals surface area contributed by atoms with Crippen molar-refractivity contribution < 1.29 is 14.7 Å². The topological polar surface area (TPSA) is 58.9 Å². The molecule has 0 saturated carbocycles. The van der Waals surface area contributed by atoms with Crippen molar-refractivity contribution in [3.05, 3.63) is 35.9 Å². The molecule has 1 rings (SSSR count). The summed E-state index contributed by atoms with van der Waals surface area (Å²) < 4.78 is 0. The van der Waals surface area contributed by atoms with Crippen LogP contribution in [0.4, 0.5) is 0 Å². The van der Waals surface area contributed by atoms with Crippen molar-refractivity contribution in [1.29, 1.82) is 0 Å². The van der Waals surface area contributed by atoms with Crippen LogP contribution in [0.5, 0.6) is 0 Å². The molecule has 0 aliphatic heterocycles. The molecule has 4 nitrogen and oxygen atoms in total. The highest BCUT2D eigenvalue weighted by atomic mass is 16.6. The molecule has 0 aliphatic carbocycles. The Morgan fingerprint density at radius 3 is 2.61 bits per heavy atom. The zero-order valence-corrected chi connectivity index (χ0v) is 10.6. The molecule has 0 fully saturated rings. The molecule has 4 heteroatoms. The van der Waals surface area contributed by atoms with Gasteiger partial charge in [0.1, 0.15) is 6.61 Å². The maximum Gasteiger partial charge on any atom is 0.353 e. The van der Waals surface area contributed by atoms with E-state index in [1.807, 2.05) is 18.2 Å². The minimum Gasteiger partial charge on any atom is -0.477 e. The highest BCUT2D eigenvalue weighted by molar-refractivity contribution is 6.34. The number of unbranched alkanes of at least 4 members (excludes halogenated alkanes) is 2. The van der Waals surface area contributed by atoms with Gasteiger partial charge in [-0.05, 0) is 38.2 Å². The predicted molar refractivity (Wildman–Crippen MR) is 70.7 cm³/mol. The van der Waals surface area contributed by atoms with Crippen molar-refractivity contribution >= 4 is 11.7 Å². The summed E-state index contributed by atoms with van der Waals surface area (Å²) in [5.74, 6) is -1.04. The van der Waals surface area contributed by atoms with E-state index in [-0.39, 0.29) is 5.71 Å². The summed E-state index contributed by atoms with van der Waals surface area (Å²) in [6.45, 7) is 1.89. The number of carboxylic acids is 1. The number of aliphatic carboxylic acids is 1. The summed E-state index contributed by atoms with van der Waals surface area (Å²) in [5.41, 5.74) is 1.33. The first-order valence-corrected chi connectivity index (χ1v) is 6.14. The molecule has 0 atom stereocenters. The van der Waals surface area contributed by atoms with Crippen LogP contribution in [-0.2, 0) is 16.1 Å². The Labute approximate surface area is 107 Å². The first-order valence-electron chi connectivity index (χ1n) is 6.14. The van der Waals surface area contributed by atoms with Crippen LogP contribution in [0.1, 0.15) is 31.7 Å². The lowest BCUT2D eigenvalue weighted by molar-refractivity contribution is -0.129. The van der Waals surface area contributed by atoms with Crippen LogP contribution < -0.4 is 0 Å². The van der Waals surface area contributed by atoms with Gasteiger partial charge in [-0.25, -0.2) is 4.79 Å². The molecule has 0 saturated heterocycles. The third kappa shape index (κ3) is 6.03. The first kappa shape index (κ1) is 14.2. The maximum atomic E-state index is 10.4. The largest absolute Gasteiger partial charge is 0.477 e. The fourth-order valence-electron chi connectivity index (χ4n) is 1.50. The van der Waals surface area contributed by atoms with Gasteiger partial charge in [0.2, 0.25) is 0 Å². The first-order chi connectivity index (χ1) is 8.70. The van der Waals surface area contributed by atoms with E-state index in [1.165, 1.54) is 12.5 Å². The SMILES string of the molecule is CC(=NOCCCCCc1ccccc1)C(=O)O. The van der Waals surface area contributed by atoms with E-state index in [0.29, 0.717) is 6.61 Å². The van der Waals surface area contributed by atoms with Crippen LogP contribution >= 0.6 is 0 Å². The number of aryl methyl sites for hydroxylation is 1. The van der Waals surface area contributed by atoms with Crippen molar-refractivity contribution in [2.75, 3.05) is 6.61 Å². The highest BCUT2D eigenvalue weighted by Crippen LogP contribution is 2.06. The van der Waals surface area contributed by atoms with Crippen LogP contribution in [0.25, 0.3) is 0 Å². The van der Waals surface area contributed by atoms with E-state index in [2.05, 4.69) is 17.3 Å². The number of hydrogen-bond acceptors (Lipinski definition) is 3. The Kier molecular flexibility index (Phi) is 6.54. The van der Waals surface area contributed by atoms with Crippen LogP contribution in [0.15, 0.2) is 35.5 Å². The lowest BCUT2D eigenvalue weighted by Crippen LogP contribution is -2.08. The number of hydrogen-bond donors (Lipinski definition) is 1. The van der Waals surface area contributed by atoms with Gasteiger partial charge in [-0.1, -0.05) is 35.5 Å². The Balaban J connectivity index is 2.03. The average Bonchev–Trinajstić information content (AvgIpc) is 2.38. The van der Waals surface area contributed by atoms with Gasteiger partial charge >= 0.3 is 5.97 Å². The fraction of sp³-hybridized carbons (Fsp3) is 0.429. The number of carbonyl (C=O) groups is 1. The molecule has 0 bridgehead atoms. The van der Waals surface area contributed by atoms with Crippen molar-refractivity contribution in [3.8, 4) is 0 Å². The van der Waals surface area contributed by atoms with Gasteiger partial charge in [0, 0.05) is 0 Å². The second-order valence-electron chi connectivity index (χ2n) is 4.11. The van der Waals surface area contributed by atoms with Crippen molar-refractivity contribution in [2.24, 2.45) is 5.16 Å². The molecule has 0 amide bonds. The monoisotopic (exact) mass is 249 g/mol. The molecule has 1 aromatic rings. The average molecular weight is 249 g/mol. The molecule has 0 radical (unpaired) electrons. The summed E-state index contributed by atoms with van der Waals surface area (Å²) in [6.07, 6.45) is 4.12. The smallest absolute Gasteiger partial charge is 0.353 e. The Hall–Kier alpha value is -1.84. The molecule has 0 spiro atoms. The van der Waals surface area contributed by atoms with Gasteiger partial charge in [0.25, 0.3) is 0 Å². The number of oxime groups is 1. The van der Waals surface area contributed by atoms with Gasteiger partial charge < -0.3 is 9.94 Å². The van der Waals surface area contributed by atoms with E-state index in [0.717, 1.165) is 25.7 Å². The molecular weight excluding hydrogens is 230 g/mol. The molecule has 0 unspecified atom stereocenters. The third-order valence-electron chi connectivity index (χ3n) is 2.55. The number of rotatable bonds is 8. The summed E-state index contributed by atoms with van der Waals surface area (Å²) in [6, 6.07) is 10.3. The van der Waals surface area contributed by atoms with Crippen molar-refractivity contribution in [2.45, 2.75) is 32.6 Å². The second kappa shape index (κ2) is 8.28. The summed E-state index contributed by atoms with van der Waals surface area (Å²) >= 11 is 0. The summed E-state index contributed by atoms with van der Waals surface area (Å²) in [7, 11) is 0. The second-order valence-corrected chi connectivity index (χ2v) is 4.11. The van der Waals surface area contributed by atoms with E-state index in [1.54, 1.807) is 0 Å². The Bertz CT molecular complexity index is 387. The molecule has 98 valence electrons. The third-order valence-corrected chi connectivity index (χ3v) is 2.55. The van der Waals surface area contributed by atoms with Crippen LogP contribution in [0.3, 0.4) is 0 Å². The Morgan fingerprint density at radius 2 is 1.94 bits per heavy atom. The lowest BCUT2D eigenvalue weighted by Gasteiger charge is -2.02. The molecule has 18 heavy (non-hydrogen) atoms. The van der Waals surface area contributed by atoms with E-state index < -0.39 is 5.97 Å². The molecule has 0 heterocycles. The van der Waals surface area contributed by atoms with Crippen LogP contribution in [0.2, 0.25) is 0 Å². The van der Waals surface area contributed by atoms with Crippen molar-refractivity contribution in [3.63, 3.8) is 0 Å². The molecule has 0 aliphatic rings. The molecule has 0 aromatic heterocycles. The fourth-order valence-corrected chi connectivity index (χ4v) is 1.50. The van der Waals surface area contributed by atoms with E-state index in [4.69, 9.17) is 9.94 Å². The van der Waals surface area contributed by atoms with Crippen LogP contribution in [-0.4, -0.2) is 23.4 Å². The minimum atomic E-state index is -1.04. The standard InChI is InChI=1S/C14H19NO3/c1-12(14(16)17)15-18-11-7-3-6-10-13-8-4-2-5-9-13/h2,4-5,8-9H,3,6-7,10-11H2,1H3,(H,16,17). The molecule has 1 aromatic carbocycles. The summed E-state index contributed by atoms with van der Waals surface area (Å²) in [4.78, 5) is 15.3. The van der Waals surface area contributed by atoms with Gasteiger partial charge in [-0.3, -0.25) is 0 Å². The van der Waals surface area contributed by atoms with Gasteiger partial charge in [-0.15, -0.1) is 0 Å². The van der Waals surface area contributed by atoms with E-state index >= 15 is 0 Å². The number of benzene rings is 1. The zero-order chi connectivity index (χ0) is 13.2. The maximum absolute atomic E-state index is 10.4. The number of carboxylic acid groups (broad SMARTS) is 1. The quantitative estimate of drug-likeness (QED) is 0.438. The lowest BCUT2D eigenvalue weighted by atomic mass is 10.1.